The number of fused-ring (bicyclic) bond motifs is 1. The summed E-state index contributed by atoms with van der Waals surface area (Å²) in [7, 11) is 0. The van der Waals surface area contributed by atoms with Crippen LogP contribution in [0.2, 0.25) is 0 Å². The third kappa shape index (κ3) is 5.72. The molecule has 0 aromatic carbocycles. The number of carboxylic acid groups (broad SMARTS) is 1. The predicted octanol–water partition coefficient (Wildman–Crippen LogP) is 3.54. The summed E-state index contributed by atoms with van der Waals surface area (Å²) in [5.41, 5.74) is 1.41. The van der Waals surface area contributed by atoms with Crippen LogP contribution in [0.25, 0.3) is 0 Å². The van der Waals surface area contributed by atoms with Crippen LogP contribution in [-0.4, -0.2) is 33.5 Å². The van der Waals surface area contributed by atoms with Gasteiger partial charge in [-0.3, -0.25) is 4.79 Å². The summed E-state index contributed by atoms with van der Waals surface area (Å²) in [4.78, 5) is 10.6. The number of hydrogen-bond acceptors (Lipinski definition) is 3. The number of aliphatic hydroxyl groups is 2. The molecule has 144 valence electrons. The summed E-state index contributed by atoms with van der Waals surface area (Å²) in [6.45, 7) is 3.79. The van der Waals surface area contributed by atoms with Crippen LogP contribution in [0.4, 0.5) is 0 Å². The van der Waals surface area contributed by atoms with Crippen LogP contribution in [0.15, 0.2) is 23.8 Å². The van der Waals surface area contributed by atoms with Gasteiger partial charge in [-0.25, -0.2) is 0 Å². The molecular formula is C22H32O4. The first-order valence-corrected chi connectivity index (χ1v) is 9.76. The van der Waals surface area contributed by atoms with Crippen molar-refractivity contribution < 1.29 is 20.1 Å². The van der Waals surface area contributed by atoms with E-state index >= 15 is 0 Å². The molecule has 2 aliphatic rings. The molecule has 0 spiro atoms. The molecule has 2 aliphatic carbocycles. The van der Waals surface area contributed by atoms with Crippen LogP contribution < -0.4 is 0 Å². The predicted molar refractivity (Wildman–Crippen MR) is 102 cm³/mol. The monoisotopic (exact) mass is 360 g/mol. The van der Waals surface area contributed by atoms with Crippen molar-refractivity contribution in [3.05, 3.63) is 23.8 Å². The van der Waals surface area contributed by atoms with Gasteiger partial charge < -0.3 is 15.3 Å². The molecule has 6 atom stereocenters. The van der Waals surface area contributed by atoms with Crippen LogP contribution in [-0.2, 0) is 4.79 Å². The molecule has 0 aromatic heterocycles. The Morgan fingerprint density at radius 1 is 1.38 bits per heavy atom. The van der Waals surface area contributed by atoms with Gasteiger partial charge in [0.25, 0.3) is 0 Å². The van der Waals surface area contributed by atoms with E-state index in [1.165, 1.54) is 5.57 Å². The van der Waals surface area contributed by atoms with Gasteiger partial charge in [-0.05, 0) is 56.8 Å². The van der Waals surface area contributed by atoms with Crippen LogP contribution in [0.3, 0.4) is 0 Å². The summed E-state index contributed by atoms with van der Waals surface area (Å²) in [5, 5.41) is 29.4. The van der Waals surface area contributed by atoms with Gasteiger partial charge in [-0.2, -0.15) is 0 Å². The van der Waals surface area contributed by atoms with E-state index in [0.717, 1.165) is 25.7 Å². The molecule has 0 aliphatic heterocycles. The van der Waals surface area contributed by atoms with E-state index < -0.39 is 12.1 Å². The summed E-state index contributed by atoms with van der Waals surface area (Å²) in [6, 6.07) is 0. The fourth-order valence-electron chi connectivity index (χ4n) is 4.31. The second kappa shape index (κ2) is 9.94. The van der Waals surface area contributed by atoms with Gasteiger partial charge in [-0.1, -0.05) is 30.7 Å². The summed E-state index contributed by atoms with van der Waals surface area (Å²) >= 11 is 0. The molecule has 0 bridgehead atoms. The van der Waals surface area contributed by atoms with Crippen molar-refractivity contribution in [3.63, 3.8) is 0 Å². The van der Waals surface area contributed by atoms with Crippen molar-refractivity contribution in [2.75, 3.05) is 0 Å². The smallest absolute Gasteiger partial charge is 0.303 e. The standard InChI is InChI=1S/C22H32O4/c1-3-4-7-15(2)20(23)11-10-18-19-13-16(8-5-6-9-22(25)26)12-17(19)14-21(18)24/h8,10-11,15,17-21,23-24H,5-7,9,12-14H2,1-2H3,(H,25,26)/b11-10+,16-8-/t15-,17-,18-,19-,20-,21+/m0/s1. The van der Waals surface area contributed by atoms with Crippen LogP contribution in [0, 0.1) is 35.5 Å². The maximum atomic E-state index is 10.6. The number of rotatable bonds is 8. The summed E-state index contributed by atoms with van der Waals surface area (Å²) < 4.78 is 0. The Morgan fingerprint density at radius 2 is 2.15 bits per heavy atom. The van der Waals surface area contributed by atoms with Crippen LogP contribution >= 0.6 is 0 Å². The van der Waals surface area contributed by atoms with Crippen molar-refractivity contribution in [1.29, 1.82) is 0 Å². The maximum Gasteiger partial charge on any atom is 0.303 e. The number of aliphatic carboxylic acids is 1. The lowest BCUT2D eigenvalue weighted by Gasteiger charge is -2.19. The Hall–Kier alpha value is -1.57. The molecule has 0 radical (unpaired) electrons. The zero-order chi connectivity index (χ0) is 19.1. The Labute approximate surface area is 157 Å². The van der Waals surface area contributed by atoms with E-state index in [2.05, 4.69) is 17.9 Å². The molecule has 4 nitrogen and oxygen atoms in total. The second-order valence-electron chi connectivity index (χ2n) is 7.84. The van der Waals surface area contributed by atoms with E-state index in [1.54, 1.807) is 6.92 Å². The lowest BCUT2D eigenvalue weighted by atomic mass is 9.89. The highest BCUT2D eigenvalue weighted by molar-refractivity contribution is 5.66. The molecule has 0 unspecified atom stereocenters. The average Bonchev–Trinajstić information content (AvgIpc) is 3.10. The number of allylic oxidation sites excluding steroid dienone is 2. The number of aliphatic hydroxyl groups excluding tert-OH is 2. The SMILES string of the molecule is CC#CC[C@H](C)[C@@H](O)/C=C/[C@H]1[C@H]2C/C(=C\CCCC(=O)O)C[C@H]2C[C@H]1O. The number of unbranched alkanes of at least 4 members (excludes halogenated alkanes) is 1. The maximum absolute atomic E-state index is 10.6. The Morgan fingerprint density at radius 3 is 2.85 bits per heavy atom. The van der Waals surface area contributed by atoms with Crippen LogP contribution in [0.5, 0.6) is 0 Å². The molecule has 26 heavy (non-hydrogen) atoms. The normalized spacial score (nSPS) is 31.6. The van der Waals surface area contributed by atoms with E-state index in [4.69, 9.17) is 5.11 Å². The van der Waals surface area contributed by atoms with Gasteiger partial charge in [-0.15, -0.1) is 11.8 Å². The average molecular weight is 360 g/mol. The van der Waals surface area contributed by atoms with Gasteiger partial charge >= 0.3 is 5.97 Å². The molecule has 0 amide bonds. The van der Waals surface area contributed by atoms with Gasteiger partial charge in [0.15, 0.2) is 0 Å². The molecule has 3 N–H and O–H groups in total. The molecule has 2 fully saturated rings. The lowest BCUT2D eigenvalue weighted by Crippen LogP contribution is -2.19. The zero-order valence-electron chi connectivity index (χ0n) is 15.9. The molecule has 2 saturated carbocycles. The Kier molecular flexibility index (Phi) is 7.93. The highest BCUT2D eigenvalue weighted by Gasteiger charge is 2.44. The molecule has 2 rings (SSSR count). The Balaban J connectivity index is 1.89. The highest BCUT2D eigenvalue weighted by Crippen LogP contribution is 2.50. The zero-order valence-corrected chi connectivity index (χ0v) is 15.9. The summed E-state index contributed by atoms with van der Waals surface area (Å²) in [5.74, 6) is 6.25. The number of carbonyl (C=O) groups is 1. The summed E-state index contributed by atoms with van der Waals surface area (Å²) in [6.07, 6.45) is 10.4. The first-order chi connectivity index (χ1) is 12.4. The van der Waals surface area contributed by atoms with E-state index in [1.807, 2.05) is 19.1 Å². The topological polar surface area (TPSA) is 77.8 Å². The van der Waals surface area contributed by atoms with E-state index in [-0.39, 0.29) is 24.4 Å². The van der Waals surface area contributed by atoms with Gasteiger partial charge in [0, 0.05) is 18.8 Å². The van der Waals surface area contributed by atoms with Crippen molar-refractivity contribution in [2.45, 2.75) is 71.0 Å². The number of hydrogen-bond donors (Lipinski definition) is 3. The second-order valence-corrected chi connectivity index (χ2v) is 7.84. The third-order valence-corrected chi connectivity index (χ3v) is 5.85. The fraction of sp³-hybridized carbons (Fsp3) is 0.682. The van der Waals surface area contributed by atoms with Gasteiger partial charge in [0.05, 0.1) is 12.2 Å². The van der Waals surface area contributed by atoms with Crippen molar-refractivity contribution in [3.8, 4) is 11.8 Å². The first-order valence-electron chi connectivity index (χ1n) is 9.76. The van der Waals surface area contributed by atoms with Crippen molar-refractivity contribution in [1.82, 2.24) is 0 Å². The lowest BCUT2D eigenvalue weighted by molar-refractivity contribution is -0.137. The third-order valence-electron chi connectivity index (χ3n) is 5.85. The molecule has 0 saturated heterocycles. The molecule has 4 heteroatoms. The quantitative estimate of drug-likeness (QED) is 0.351. The molecule has 0 aromatic rings. The highest BCUT2D eigenvalue weighted by atomic mass is 16.4. The minimum absolute atomic E-state index is 0.0845. The minimum Gasteiger partial charge on any atom is -0.481 e. The van der Waals surface area contributed by atoms with Crippen LogP contribution in [0.1, 0.15) is 58.8 Å². The Bertz CT molecular complexity index is 595. The number of carboxylic acids is 1. The first kappa shape index (κ1) is 20.7. The fourth-order valence-corrected chi connectivity index (χ4v) is 4.31. The van der Waals surface area contributed by atoms with Crippen molar-refractivity contribution >= 4 is 5.97 Å². The molecular weight excluding hydrogens is 328 g/mol. The van der Waals surface area contributed by atoms with E-state index in [9.17, 15) is 15.0 Å². The minimum atomic E-state index is -0.738. The van der Waals surface area contributed by atoms with Gasteiger partial charge in [0.1, 0.15) is 0 Å². The van der Waals surface area contributed by atoms with Crippen molar-refractivity contribution in [2.24, 2.45) is 23.7 Å². The largest absolute Gasteiger partial charge is 0.481 e. The van der Waals surface area contributed by atoms with Gasteiger partial charge in [0.2, 0.25) is 0 Å². The molecule has 0 heterocycles. The van der Waals surface area contributed by atoms with E-state index in [0.29, 0.717) is 24.7 Å².